The average Bonchev–Trinajstić information content (AvgIpc) is 3.94. The lowest BCUT2D eigenvalue weighted by Gasteiger charge is -2.42. The van der Waals surface area contributed by atoms with E-state index in [-0.39, 0.29) is 17.7 Å². The Balaban J connectivity index is 1.27. The lowest BCUT2D eigenvalue weighted by Crippen LogP contribution is -2.50. The number of amides is 1. The van der Waals surface area contributed by atoms with Crippen LogP contribution in [0.3, 0.4) is 0 Å². The monoisotopic (exact) mass is 688 g/mol. The Bertz CT molecular complexity index is 1590. The summed E-state index contributed by atoms with van der Waals surface area (Å²) in [7, 11) is 0. The van der Waals surface area contributed by atoms with Crippen molar-refractivity contribution in [1.29, 1.82) is 0 Å². The third-order valence-corrected chi connectivity index (χ3v) is 12.4. The van der Waals surface area contributed by atoms with Crippen LogP contribution in [0.4, 0.5) is 5.69 Å². The van der Waals surface area contributed by atoms with Gasteiger partial charge in [-0.2, -0.15) is 0 Å². The number of benzene rings is 1. The minimum absolute atomic E-state index is 0.0656. The van der Waals surface area contributed by atoms with Crippen LogP contribution in [0.25, 0.3) is 0 Å². The third-order valence-electron chi connectivity index (χ3n) is 12.4. The van der Waals surface area contributed by atoms with Gasteiger partial charge in [0, 0.05) is 35.9 Å². The molecule has 0 N–H and O–H groups in total. The number of allylic oxidation sites excluding steroid dienone is 8. The zero-order chi connectivity index (χ0) is 35.8. The van der Waals surface area contributed by atoms with E-state index in [0.717, 1.165) is 68.7 Å². The molecule has 0 spiro atoms. The quantitative estimate of drug-likeness (QED) is 0.107. The number of carbonyl (C=O) groups is 2. The number of ketones is 1. The zero-order valence-electron chi connectivity index (χ0n) is 32.2. The Labute approximate surface area is 309 Å². The van der Waals surface area contributed by atoms with E-state index in [1.54, 1.807) is 13.0 Å². The zero-order valence-corrected chi connectivity index (χ0v) is 32.2. The molecule has 5 aliphatic rings. The van der Waals surface area contributed by atoms with Crippen LogP contribution in [-0.2, 0) is 15.0 Å². The van der Waals surface area contributed by atoms with E-state index in [1.165, 1.54) is 98.5 Å². The highest BCUT2D eigenvalue weighted by molar-refractivity contribution is 6.09. The minimum atomic E-state index is -0.536. The summed E-state index contributed by atoms with van der Waals surface area (Å²) in [6.07, 6.45) is 37.3. The maximum Gasteiger partial charge on any atom is 0.237 e. The molecule has 0 saturated heterocycles. The fraction of sp³-hybridized carbons (Fsp3) is 0.596. The Hall–Kier alpha value is -3.27. The Morgan fingerprint density at radius 2 is 1.71 bits per heavy atom. The molecule has 0 aromatic heterocycles. The molecule has 2 fully saturated rings. The van der Waals surface area contributed by atoms with Crippen LogP contribution >= 0.6 is 0 Å². The normalized spacial score (nSPS) is 25.8. The molecule has 0 bridgehead atoms. The van der Waals surface area contributed by atoms with Crippen LogP contribution in [0.5, 0.6) is 0 Å². The van der Waals surface area contributed by atoms with Gasteiger partial charge in [-0.05, 0) is 106 Å². The first kappa shape index (κ1) is 37.5. The number of anilines is 1. The van der Waals surface area contributed by atoms with Gasteiger partial charge in [0.2, 0.25) is 5.91 Å². The fourth-order valence-corrected chi connectivity index (χ4v) is 9.37. The largest absolute Gasteiger partial charge is 0.308 e. The summed E-state index contributed by atoms with van der Waals surface area (Å²) in [4.78, 5) is 34.0. The van der Waals surface area contributed by atoms with Crippen LogP contribution in [0.15, 0.2) is 82.1 Å². The van der Waals surface area contributed by atoms with Gasteiger partial charge in [-0.15, -0.1) is 0 Å². The molecule has 2 heterocycles. The molecule has 1 aromatic rings. The van der Waals surface area contributed by atoms with Crippen LogP contribution in [0.2, 0.25) is 0 Å². The van der Waals surface area contributed by atoms with Crippen LogP contribution in [-0.4, -0.2) is 23.9 Å². The third kappa shape index (κ3) is 8.69. The highest BCUT2D eigenvalue weighted by Gasteiger charge is 2.53. The SMILES string of the molecule is CCCCCCCCCCC1CC(N2C(=O)C(CC/C=C/C(C)=O)(CCCC)c3ccc(C4C=C(C)C(C5CC5)=C5C=CCC=NC5=C4)cc32)C1. The summed E-state index contributed by atoms with van der Waals surface area (Å²) < 4.78 is 0. The summed E-state index contributed by atoms with van der Waals surface area (Å²) in [5.41, 5.74) is 8.31. The van der Waals surface area contributed by atoms with Gasteiger partial charge in [0.1, 0.15) is 0 Å². The molecular formula is C47H64N2O2. The smallest absolute Gasteiger partial charge is 0.237 e. The summed E-state index contributed by atoms with van der Waals surface area (Å²) in [5, 5.41) is 0. The van der Waals surface area contributed by atoms with Crippen LogP contribution in [0.1, 0.15) is 167 Å². The predicted molar refractivity (Wildman–Crippen MR) is 215 cm³/mol. The molecule has 2 saturated carbocycles. The van der Waals surface area contributed by atoms with Crippen molar-refractivity contribution in [3.63, 3.8) is 0 Å². The molecular weight excluding hydrogens is 625 g/mol. The van der Waals surface area contributed by atoms with E-state index in [9.17, 15) is 9.59 Å². The molecule has 3 aliphatic carbocycles. The van der Waals surface area contributed by atoms with E-state index < -0.39 is 5.41 Å². The predicted octanol–water partition coefficient (Wildman–Crippen LogP) is 12.4. The number of carbonyl (C=O) groups excluding carboxylic acids is 2. The summed E-state index contributed by atoms with van der Waals surface area (Å²) in [6, 6.07) is 7.26. The van der Waals surface area contributed by atoms with Gasteiger partial charge in [0.25, 0.3) is 0 Å². The molecule has 6 rings (SSSR count). The Morgan fingerprint density at radius 3 is 2.43 bits per heavy atom. The Kier molecular flexibility index (Phi) is 12.9. The van der Waals surface area contributed by atoms with Gasteiger partial charge >= 0.3 is 0 Å². The molecule has 4 heteroatoms. The number of unbranched alkanes of at least 4 members (excludes halogenated alkanes) is 8. The Morgan fingerprint density at radius 1 is 0.961 bits per heavy atom. The highest BCUT2D eigenvalue weighted by Crippen LogP contribution is 2.53. The second-order valence-electron chi connectivity index (χ2n) is 16.4. The molecule has 274 valence electrons. The number of rotatable bonds is 19. The standard InChI is InChI=1S/C47H64N2O2/c1-5-7-9-10-11-12-13-14-20-36-30-40(31-36)49-44-33-38(24-25-42(44)47(46(49)51,26-8-6-2)27-17-15-19-35(4)50)39-29-34(3)45(37-22-23-37)41-21-16-18-28-48-43(41)32-39/h15-16,19,21,24-25,28-29,32-33,36-37,39-40H,5-14,17-18,20,22-23,26-27,30-31H2,1-4H3/b19-15+. The van der Waals surface area contributed by atoms with Gasteiger partial charge in [-0.3, -0.25) is 14.6 Å². The lowest BCUT2D eigenvalue weighted by atomic mass is 9.73. The fourth-order valence-electron chi connectivity index (χ4n) is 9.37. The van der Waals surface area contributed by atoms with Crippen molar-refractivity contribution >= 4 is 23.6 Å². The topological polar surface area (TPSA) is 49.7 Å². The second-order valence-corrected chi connectivity index (χ2v) is 16.4. The van der Waals surface area contributed by atoms with E-state index in [4.69, 9.17) is 4.99 Å². The van der Waals surface area contributed by atoms with E-state index in [0.29, 0.717) is 11.8 Å². The van der Waals surface area contributed by atoms with Gasteiger partial charge in [0.15, 0.2) is 5.78 Å². The van der Waals surface area contributed by atoms with Gasteiger partial charge in [-0.25, -0.2) is 0 Å². The van der Waals surface area contributed by atoms with Crippen molar-refractivity contribution in [1.82, 2.24) is 0 Å². The lowest BCUT2D eigenvalue weighted by molar-refractivity contribution is -0.124. The van der Waals surface area contributed by atoms with E-state index in [1.807, 2.05) is 12.3 Å². The van der Waals surface area contributed by atoms with Crippen LogP contribution < -0.4 is 4.90 Å². The molecule has 4 nitrogen and oxygen atoms in total. The van der Waals surface area contributed by atoms with Gasteiger partial charge < -0.3 is 4.90 Å². The second kappa shape index (κ2) is 17.5. The number of nitrogens with zero attached hydrogens (tertiary/aromatic N) is 2. The van der Waals surface area contributed by atoms with Crippen molar-refractivity contribution in [2.24, 2.45) is 16.8 Å². The summed E-state index contributed by atoms with van der Waals surface area (Å²) >= 11 is 0. The van der Waals surface area contributed by atoms with Crippen molar-refractivity contribution in [2.45, 2.75) is 167 Å². The van der Waals surface area contributed by atoms with Gasteiger partial charge in [0.05, 0.1) is 11.1 Å². The first-order chi connectivity index (χ1) is 24.9. The molecule has 2 atom stereocenters. The number of hydrogen-bond donors (Lipinski definition) is 0. The molecule has 1 aromatic carbocycles. The average molecular weight is 689 g/mol. The first-order valence-electron chi connectivity index (χ1n) is 20.9. The maximum atomic E-state index is 15.0. The van der Waals surface area contributed by atoms with Crippen molar-refractivity contribution < 1.29 is 9.59 Å². The van der Waals surface area contributed by atoms with Crippen molar-refractivity contribution in [3.05, 3.63) is 88.2 Å². The number of aliphatic imine (C=N–C) groups is 1. The van der Waals surface area contributed by atoms with Gasteiger partial charge in [-0.1, -0.05) is 126 Å². The molecule has 1 amide bonds. The number of hydrogen-bond acceptors (Lipinski definition) is 3. The van der Waals surface area contributed by atoms with E-state index >= 15 is 0 Å². The van der Waals surface area contributed by atoms with Crippen LogP contribution in [0, 0.1) is 11.8 Å². The highest BCUT2D eigenvalue weighted by atomic mass is 16.2. The van der Waals surface area contributed by atoms with Crippen molar-refractivity contribution in [3.8, 4) is 0 Å². The minimum Gasteiger partial charge on any atom is -0.308 e. The molecule has 51 heavy (non-hydrogen) atoms. The molecule has 2 unspecified atom stereocenters. The number of fused-ring (bicyclic) bond motifs is 2. The summed E-state index contributed by atoms with van der Waals surface area (Å²) in [5.74, 6) is 1.83. The molecule has 2 aliphatic heterocycles. The van der Waals surface area contributed by atoms with E-state index in [2.05, 4.69) is 68.2 Å². The van der Waals surface area contributed by atoms with Crippen molar-refractivity contribution in [2.75, 3.05) is 4.90 Å². The first-order valence-corrected chi connectivity index (χ1v) is 20.9. The summed E-state index contributed by atoms with van der Waals surface area (Å²) in [6.45, 7) is 8.41. The molecule has 0 radical (unpaired) electrons. The maximum absolute atomic E-state index is 15.0.